The summed E-state index contributed by atoms with van der Waals surface area (Å²) in [6, 6.07) is 0.153. The molecule has 4 N–H and O–H groups in total. The number of nitrogens with zero attached hydrogens (tertiary/aromatic N) is 1. The first-order chi connectivity index (χ1) is 8.00. The molecule has 4 heteroatoms. The Morgan fingerprint density at radius 3 is 2.71 bits per heavy atom. The van der Waals surface area contributed by atoms with Crippen LogP contribution in [0.15, 0.2) is 0 Å². The van der Waals surface area contributed by atoms with Gasteiger partial charge in [-0.05, 0) is 32.6 Å². The van der Waals surface area contributed by atoms with E-state index in [9.17, 15) is 4.79 Å². The Labute approximate surface area is 104 Å². The lowest BCUT2D eigenvalue weighted by Crippen LogP contribution is -2.56. The molecule has 1 aliphatic carbocycles. The Kier molecular flexibility index (Phi) is 3.73. The highest BCUT2D eigenvalue weighted by molar-refractivity contribution is 5.80. The molecule has 1 saturated heterocycles. The largest absolute Gasteiger partial charge is 0.341 e. The monoisotopic (exact) mass is 239 g/mol. The second-order valence-electron chi connectivity index (χ2n) is 5.99. The SMILES string of the molecule is CC1(N)CCCCC1C(=O)N1CCCC(N)C1. The molecule has 0 aromatic carbocycles. The minimum Gasteiger partial charge on any atom is -0.341 e. The molecule has 0 spiro atoms. The van der Waals surface area contributed by atoms with Crippen LogP contribution in [-0.4, -0.2) is 35.5 Å². The number of carbonyl (C=O) groups excluding carboxylic acids is 1. The maximum Gasteiger partial charge on any atom is 0.227 e. The van der Waals surface area contributed by atoms with Gasteiger partial charge in [0.1, 0.15) is 0 Å². The first-order valence-electron chi connectivity index (χ1n) is 6.84. The standard InChI is InChI=1S/C13H25N3O/c1-13(15)7-3-2-6-11(13)12(17)16-8-4-5-10(14)9-16/h10-11H,2-9,14-15H2,1H3. The quantitative estimate of drug-likeness (QED) is 0.712. The molecule has 3 atom stereocenters. The van der Waals surface area contributed by atoms with Gasteiger partial charge in [0, 0.05) is 24.7 Å². The molecule has 1 saturated carbocycles. The molecule has 1 amide bonds. The van der Waals surface area contributed by atoms with Crippen LogP contribution in [0, 0.1) is 5.92 Å². The topological polar surface area (TPSA) is 72.4 Å². The van der Waals surface area contributed by atoms with Crippen molar-refractivity contribution in [2.75, 3.05) is 13.1 Å². The summed E-state index contributed by atoms with van der Waals surface area (Å²) in [7, 11) is 0. The van der Waals surface area contributed by atoms with Crippen LogP contribution in [0.3, 0.4) is 0 Å². The Hall–Kier alpha value is -0.610. The summed E-state index contributed by atoms with van der Waals surface area (Å²) < 4.78 is 0. The van der Waals surface area contributed by atoms with Crippen molar-refractivity contribution in [3.05, 3.63) is 0 Å². The third-order valence-electron chi connectivity index (χ3n) is 4.32. The maximum absolute atomic E-state index is 12.5. The van der Waals surface area contributed by atoms with E-state index >= 15 is 0 Å². The molecular weight excluding hydrogens is 214 g/mol. The van der Waals surface area contributed by atoms with Gasteiger partial charge in [-0.1, -0.05) is 12.8 Å². The Morgan fingerprint density at radius 1 is 1.29 bits per heavy atom. The van der Waals surface area contributed by atoms with Crippen molar-refractivity contribution in [3.63, 3.8) is 0 Å². The van der Waals surface area contributed by atoms with Gasteiger partial charge in [0.25, 0.3) is 0 Å². The number of hydrogen-bond donors (Lipinski definition) is 2. The van der Waals surface area contributed by atoms with E-state index in [4.69, 9.17) is 11.5 Å². The first kappa shape index (κ1) is 12.8. The molecule has 3 unspecified atom stereocenters. The number of amides is 1. The van der Waals surface area contributed by atoms with E-state index < -0.39 is 0 Å². The lowest BCUT2D eigenvalue weighted by Gasteiger charge is -2.41. The number of piperidine rings is 1. The van der Waals surface area contributed by atoms with Gasteiger partial charge in [0.15, 0.2) is 0 Å². The molecule has 1 aliphatic heterocycles. The molecule has 0 bridgehead atoms. The van der Waals surface area contributed by atoms with Gasteiger partial charge in [-0.3, -0.25) is 4.79 Å². The van der Waals surface area contributed by atoms with Gasteiger partial charge < -0.3 is 16.4 Å². The molecule has 2 aliphatic rings. The molecule has 98 valence electrons. The average molecular weight is 239 g/mol. The zero-order valence-corrected chi connectivity index (χ0v) is 10.8. The van der Waals surface area contributed by atoms with E-state index in [0.29, 0.717) is 6.54 Å². The van der Waals surface area contributed by atoms with Crippen LogP contribution in [0.2, 0.25) is 0 Å². The van der Waals surface area contributed by atoms with E-state index in [1.54, 1.807) is 0 Å². The lowest BCUT2D eigenvalue weighted by atomic mass is 9.74. The number of rotatable bonds is 1. The zero-order valence-electron chi connectivity index (χ0n) is 10.8. The molecule has 17 heavy (non-hydrogen) atoms. The van der Waals surface area contributed by atoms with E-state index in [2.05, 4.69) is 0 Å². The molecule has 2 rings (SSSR count). The van der Waals surface area contributed by atoms with Gasteiger partial charge in [-0.15, -0.1) is 0 Å². The second kappa shape index (κ2) is 4.94. The smallest absolute Gasteiger partial charge is 0.227 e. The number of nitrogens with two attached hydrogens (primary N) is 2. The van der Waals surface area contributed by atoms with Crippen LogP contribution in [0.25, 0.3) is 0 Å². The van der Waals surface area contributed by atoms with Crippen molar-refractivity contribution >= 4 is 5.91 Å². The van der Waals surface area contributed by atoms with Crippen LogP contribution in [-0.2, 0) is 4.79 Å². The summed E-state index contributed by atoms with van der Waals surface area (Å²) in [6.45, 7) is 3.60. The van der Waals surface area contributed by atoms with Crippen molar-refractivity contribution in [1.29, 1.82) is 0 Å². The summed E-state index contributed by atoms with van der Waals surface area (Å²) in [4.78, 5) is 14.4. The van der Waals surface area contributed by atoms with Crippen LogP contribution >= 0.6 is 0 Å². The zero-order chi connectivity index (χ0) is 12.5. The lowest BCUT2D eigenvalue weighted by molar-refractivity contribution is -0.140. The van der Waals surface area contributed by atoms with E-state index in [1.807, 2.05) is 11.8 Å². The predicted octanol–water partition coefficient (Wildman–Crippen LogP) is 0.844. The number of likely N-dealkylation sites (tertiary alicyclic amines) is 1. The Morgan fingerprint density at radius 2 is 2.06 bits per heavy atom. The van der Waals surface area contributed by atoms with Gasteiger partial charge in [-0.2, -0.15) is 0 Å². The summed E-state index contributed by atoms with van der Waals surface area (Å²) in [5.74, 6) is 0.242. The first-order valence-corrected chi connectivity index (χ1v) is 6.84. The highest BCUT2D eigenvalue weighted by Gasteiger charge is 2.40. The Bertz CT molecular complexity index is 290. The van der Waals surface area contributed by atoms with E-state index in [1.165, 1.54) is 0 Å². The van der Waals surface area contributed by atoms with Crippen molar-refractivity contribution in [1.82, 2.24) is 4.90 Å². The minimum absolute atomic E-state index is 0.00144. The number of carbonyl (C=O) groups is 1. The van der Waals surface area contributed by atoms with Gasteiger partial charge in [0.05, 0.1) is 5.92 Å². The molecule has 0 aromatic rings. The number of hydrogen-bond acceptors (Lipinski definition) is 3. The Balaban J connectivity index is 2.02. The average Bonchev–Trinajstić information content (AvgIpc) is 2.27. The third-order valence-corrected chi connectivity index (χ3v) is 4.32. The molecule has 4 nitrogen and oxygen atoms in total. The van der Waals surface area contributed by atoms with Crippen LogP contribution in [0.4, 0.5) is 0 Å². The predicted molar refractivity (Wildman–Crippen MR) is 68.3 cm³/mol. The summed E-state index contributed by atoms with van der Waals surface area (Å²) in [5.41, 5.74) is 11.9. The summed E-state index contributed by atoms with van der Waals surface area (Å²) >= 11 is 0. The van der Waals surface area contributed by atoms with Crippen LogP contribution in [0.5, 0.6) is 0 Å². The fourth-order valence-corrected chi connectivity index (χ4v) is 3.19. The third kappa shape index (κ3) is 2.80. The molecule has 0 radical (unpaired) electrons. The van der Waals surface area contributed by atoms with E-state index in [-0.39, 0.29) is 23.4 Å². The van der Waals surface area contributed by atoms with Crippen LogP contribution in [0.1, 0.15) is 45.4 Å². The van der Waals surface area contributed by atoms with Crippen molar-refractivity contribution in [2.45, 2.75) is 57.0 Å². The fraction of sp³-hybridized carbons (Fsp3) is 0.923. The summed E-state index contributed by atoms with van der Waals surface area (Å²) in [5, 5.41) is 0. The van der Waals surface area contributed by atoms with Gasteiger partial charge in [0.2, 0.25) is 5.91 Å². The minimum atomic E-state index is -0.323. The molecular formula is C13H25N3O. The van der Waals surface area contributed by atoms with Crippen LogP contribution < -0.4 is 11.5 Å². The van der Waals surface area contributed by atoms with Gasteiger partial charge in [-0.25, -0.2) is 0 Å². The highest BCUT2D eigenvalue weighted by atomic mass is 16.2. The normalized spacial score (nSPS) is 39.1. The van der Waals surface area contributed by atoms with Gasteiger partial charge >= 0.3 is 0 Å². The van der Waals surface area contributed by atoms with E-state index in [0.717, 1.165) is 45.1 Å². The highest BCUT2D eigenvalue weighted by Crippen LogP contribution is 2.33. The van der Waals surface area contributed by atoms with Crippen molar-refractivity contribution in [2.24, 2.45) is 17.4 Å². The molecule has 2 fully saturated rings. The second-order valence-corrected chi connectivity index (χ2v) is 5.99. The molecule has 0 aromatic heterocycles. The fourth-order valence-electron chi connectivity index (χ4n) is 3.19. The summed E-state index contributed by atoms with van der Waals surface area (Å²) in [6.07, 6.45) is 6.25. The van der Waals surface area contributed by atoms with Crippen molar-refractivity contribution < 1.29 is 4.79 Å². The molecule has 1 heterocycles. The van der Waals surface area contributed by atoms with Crippen molar-refractivity contribution in [3.8, 4) is 0 Å². The maximum atomic E-state index is 12.5.